The van der Waals surface area contributed by atoms with E-state index in [1.165, 1.54) is 24.3 Å². The van der Waals surface area contributed by atoms with Crippen LogP contribution in [0.1, 0.15) is 24.9 Å². The quantitative estimate of drug-likeness (QED) is 0.748. The molecule has 106 valence electrons. The minimum absolute atomic E-state index is 0.0870. The first-order valence-electron chi connectivity index (χ1n) is 6.17. The molecule has 0 spiro atoms. The Kier molecular flexibility index (Phi) is 4.84. The van der Waals surface area contributed by atoms with Crippen molar-refractivity contribution < 1.29 is 8.78 Å². The fourth-order valence-electron chi connectivity index (χ4n) is 1.97. The molecule has 1 N–H and O–H groups in total. The predicted octanol–water partition coefficient (Wildman–Crippen LogP) is 5.83. The molecule has 2 aromatic rings. The second-order valence-corrected chi connectivity index (χ2v) is 5.22. The van der Waals surface area contributed by atoms with Crippen molar-refractivity contribution in [1.29, 1.82) is 0 Å². The molecule has 0 saturated carbocycles. The molecule has 5 heteroatoms. The Bertz CT molecular complexity index is 576. The van der Waals surface area contributed by atoms with E-state index in [1.807, 2.05) is 6.92 Å². The fraction of sp³-hybridized carbons (Fsp3) is 0.200. The monoisotopic (exact) mass is 315 g/mol. The number of nitrogens with one attached hydrogen (secondary N) is 1. The zero-order chi connectivity index (χ0) is 14.7. The molecule has 0 radical (unpaired) electrons. The average molecular weight is 316 g/mol. The van der Waals surface area contributed by atoms with Gasteiger partial charge in [-0.15, -0.1) is 0 Å². The highest BCUT2D eigenvalue weighted by Gasteiger charge is 2.14. The zero-order valence-electron chi connectivity index (χ0n) is 10.8. The van der Waals surface area contributed by atoms with Crippen LogP contribution in [0.15, 0.2) is 36.4 Å². The first-order chi connectivity index (χ1) is 9.51. The van der Waals surface area contributed by atoms with Crippen LogP contribution in [0, 0.1) is 11.6 Å². The SMILES string of the molecule is CCC(Nc1c(Cl)cc(F)cc1Cl)c1ccc(F)cc1. The highest BCUT2D eigenvalue weighted by Crippen LogP contribution is 2.34. The van der Waals surface area contributed by atoms with Gasteiger partial charge >= 0.3 is 0 Å². The minimum Gasteiger partial charge on any atom is -0.376 e. The lowest BCUT2D eigenvalue weighted by Gasteiger charge is -2.20. The van der Waals surface area contributed by atoms with E-state index < -0.39 is 5.82 Å². The second-order valence-electron chi connectivity index (χ2n) is 4.40. The Morgan fingerprint density at radius 3 is 2.05 bits per heavy atom. The lowest BCUT2D eigenvalue weighted by Crippen LogP contribution is -2.10. The van der Waals surface area contributed by atoms with Crippen molar-refractivity contribution in [3.63, 3.8) is 0 Å². The smallest absolute Gasteiger partial charge is 0.126 e. The largest absolute Gasteiger partial charge is 0.376 e. The highest BCUT2D eigenvalue weighted by molar-refractivity contribution is 6.39. The van der Waals surface area contributed by atoms with Crippen molar-refractivity contribution in [3.05, 3.63) is 63.6 Å². The summed E-state index contributed by atoms with van der Waals surface area (Å²) in [6.07, 6.45) is 0.746. The average Bonchev–Trinajstić information content (AvgIpc) is 2.39. The van der Waals surface area contributed by atoms with E-state index in [9.17, 15) is 8.78 Å². The summed E-state index contributed by atoms with van der Waals surface area (Å²) in [5.74, 6) is -0.776. The summed E-state index contributed by atoms with van der Waals surface area (Å²) < 4.78 is 26.1. The summed E-state index contributed by atoms with van der Waals surface area (Å²) in [6, 6.07) is 8.50. The van der Waals surface area contributed by atoms with Gasteiger partial charge in [0, 0.05) is 0 Å². The normalized spacial score (nSPS) is 12.2. The fourth-order valence-corrected chi connectivity index (χ4v) is 2.54. The van der Waals surface area contributed by atoms with E-state index in [1.54, 1.807) is 12.1 Å². The van der Waals surface area contributed by atoms with Crippen molar-refractivity contribution in [3.8, 4) is 0 Å². The third-order valence-corrected chi connectivity index (χ3v) is 3.60. The third-order valence-electron chi connectivity index (χ3n) is 3.01. The molecular formula is C15H13Cl2F2N. The molecule has 1 unspecified atom stereocenters. The molecule has 0 fully saturated rings. The van der Waals surface area contributed by atoms with Gasteiger partial charge in [-0.1, -0.05) is 42.3 Å². The van der Waals surface area contributed by atoms with E-state index in [0.717, 1.165) is 12.0 Å². The molecule has 0 aliphatic rings. The molecule has 0 aliphatic heterocycles. The second kappa shape index (κ2) is 6.42. The van der Waals surface area contributed by atoms with Gasteiger partial charge < -0.3 is 5.32 Å². The van der Waals surface area contributed by atoms with E-state index >= 15 is 0 Å². The van der Waals surface area contributed by atoms with Gasteiger partial charge in [0.25, 0.3) is 0 Å². The molecule has 2 aromatic carbocycles. The van der Waals surface area contributed by atoms with E-state index in [0.29, 0.717) is 5.69 Å². The van der Waals surface area contributed by atoms with Gasteiger partial charge in [0.1, 0.15) is 11.6 Å². The molecular weight excluding hydrogens is 303 g/mol. The standard InChI is InChI=1S/C15H13Cl2F2N/c1-2-14(9-3-5-10(18)6-4-9)20-15-12(16)7-11(19)8-13(15)17/h3-8,14,20H,2H2,1H3. The highest BCUT2D eigenvalue weighted by atomic mass is 35.5. The van der Waals surface area contributed by atoms with E-state index in [4.69, 9.17) is 23.2 Å². The molecule has 0 saturated heterocycles. The lowest BCUT2D eigenvalue weighted by molar-refractivity contribution is 0.624. The van der Waals surface area contributed by atoms with Crippen molar-refractivity contribution >= 4 is 28.9 Å². The van der Waals surface area contributed by atoms with Crippen molar-refractivity contribution in [2.24, 2.45) is 0 Å². The lowest BCUT2D eigenvalue weighted by atomic mass is 10.0. The van der Waals surface area contributed by atoms with Crippen LogP contribution in [0.2, 0.25) is 10.0 Å². The summed E-state index contributed by atoms with van der Waals surface area (Å²) in [5.41, 5.74) is 1.39. The topological polar surface area (TPSA) is 12.0 Å². The molecule has 0 amide bonds. The Labute approximate surface area is 126 Å². The predicted molar refractivity (Wildman–Crippen MR) is 79.5 cm³/mol. The van der Waals surface area contributed by atoms with E-state index in [-0.39, 0.29) is 21.9 Å². The Morgan fingerprint density at radius 2 is 1.55 bits per heavy atom. The van der Waals surface area contributed by atoms with Gasteiger partial charge in [-0.25, -0.2) is 8.78 Å². The van der Waals surface area contributed by atoms with Gasteiger partial charge in [0.2, 0.25) is 0 Å². The molecule has 0 heterocycles. The first-order valence-corrected chi connectivity index (χ1v) is 6.93. The Hall–Kier alpha value is -1.32. The third kappa shape index (κ3) is 3.41. The maximum absolute atomic E-state index is 13.2. The van der Waals surface area contributed by atoms with Crippen LogP contribution in [0.3, 0.4) is 0 Å². The van der Waals surface area contributed by atoms with Crippen LogP contribution in [-0.4, -0.2) is 0 Å². The van der Waals surface area contributed by atoms with Gasteiger partial charge in [0.05, 0.1) is 21.8 Å². The molecule has 1 nitrogen and oxygen atoms in total. The van der Waals surface area contributed by atoms with Gasteiger partial charge in [-0.3, -0.25) is 0 Å². The number of halogens is 4. The van der Waals surface area contributed by atoms with Crippen LogP contribution in [0.5, 0.6) is 0 Å². The van der Waals surface area contributed by atoms with Crippen LogP contribution in [0.4, 0.5) is 14.5 Å². The van der Waals surface area contributed by atoms with Crippen LogP contribution in [-0.2, 0) is 0 Å². The number of hydrogen-bond acceptors (Lipinski definition) is 1. The van der Waals surface area contributed by atoms with Gasteiger partial charge in [-0.2, -0.15) is 0 Å². The van der Waals surface area contributed by atoms with Crippen molar-refractivity contribution in [1.82, 2.24) is 0 Å². The molecule has 20 heavy (non-hydrogen) atoms. The number of hydrogen-bond donors (Lipinski definition) is 1. The Balaban J connectivity index is 2.29. The van der Waals surface area contributed by atoms with Crippen LogP contribution < -0.4 is 5.32 Å². The molecule has 0 aliphatic carbocycles. The molecule has 1 atom stereocenters. The Morgan fingerprint density at radius 1 is 1.00 bits per heavy atom. The van der Waals surface area contributed by atoms with Crippen LogP contribution in [0.25, 0.3) is 0 Å². The molecule has 0 bridgehead atoms. The summed E-state index contributed by atoms with van der Waals surface area (Å²) in [6.45, 7) is 1.98. The number of rotatable bonds is 4. The van der Waals surface area contributed by atoms with Crippen molar-refractivity contribution in [2.45, 2.75) is 19.4 Å². The molecule has 2 rings (SSSR count). The summed E-state index contributed by atoms with van der Waals surface area (Å²) in [5, 5.41) is 3.61. The van der Waals surface area contributed by atoms with Gasteiger partial charge in [0.15, 0.2) is 0 Å². The first kappa shape index (κ1) is 15.1. The minimum atomic E-state index is -0.486. The summed E-state index contributed by atoms with van der Waals surface area (Å²) in [7, 11) is 0. The van der Waals surface area contributed by atoms with E-state index in [2.05, 4.69) is 5.32 Å². The maximum atomic E-state index is 13.2. The number of benzene rings is 2. The van der Waals surface area contributed by atoms with Crippen molar-refractivity contribution in [2.75, 3.05) is 5.32 Å². The zero-order valence-corrected chi connectivity index (χ0v) is 12.3. The maximum Gasteiger partial charge on any atom is 0.126 e. The van der Waals surface area contributed by atoms with Gasteiger partial charge in [-0.05, 0) is 36.2 Å². The number of anilines is 1. The molecule has 0 aromatic heterocycles. The van der Waals surface area contributed by atoms with Crippen LogP contribution >= 0.6 is 23.2 Å². The summed E-state index contributed by atoms with van der Waals surface area (Å²) >= 11 is 12.0. The summed E-state index contributed by atoms with van der Waals surface area (Å²) in [4.78, 5) is 0.